The van der Waals surface area contributed by atoms with Crippen molar-refractivity contribution in [2.75, 3.05) is 7.05 Å². The number of hydrogen-bond acceptors (Lipinski definition) is 5. The molecule has 0 spiro atoms. The predicted molar refractivity (Wildman–Crippen MR) is 88.0 cm³/mol. The van der Waals surface area contributed by atoms with Crippen LogP contribution < -0.4 is 0 Å². The lowest BCUT2D eigenvalue weighted by Crippen LogP contribution is -2.22. The molecule has 1 saturated heterocycles. The molecule has 0 saturated carbocycles. The van der Waals surface area contributed by atoms with Gasteiger partial charge in [0.1, 0.15) is 5.76 Å². The molecule has 1 aliphatic rings. The van der Waals surface area contributed by atoms with Gasteiger partial charge in [0.2, 0.25) is 0 Å². The Bertz CT molecular complexity index is 767. The summed E-state index contributed by atoms with van der Waals surface area (Å²) in [6.07, 6.45) is 1.58. The Balaban J connectivity index is 1.75. The molecule has 2 heterocycles. The van der Waals surface area contributed by atoms with Crippen LogP contribution in [0.5, 0.6) is 0 Å². The molecule has 1 aromatic heterocycles. The van der Waals surface area contributed by atoms with Crippen LogP contribution in [0.2, 0.25) is 5.02 Å². The van der Waals surface area contributed by atoms with Gasteiger partial charge in [-0.25, -0.2) is 0 Å². The molecule has 3 rings (SSSR count). The Morgan fingerprint density at radius 1 is 1.18 bits per heavy atom. The number of benzene rings is 1. The molecule has 0 atom stereocenters. The Labute approximate surface area is 140 Å². The smallest absolute Gasteiger partial charge is 0.293 e. The average Bonchev–Trinajstić information content (AvgIpc) is 3.03. The van der Waals surface area contributed by atoms with Crippen LogP contribution in [0.4, 0.5) is 4.79 Å². The topological polar surface area (TPSA) is 50.5 Å². The number of halogens is 1. The maximum absolute atomic E-state index is 11.8. The van der Waals surface area contributed by atoms with Crippen molar-refractivity contribution in [1.82, 2.24) is 4.90 Å². The summed E-state index contributed by atoms with van der Waals surface area (Å²) < 4.78 is 5.66. The van der Waals surface area contributed by atoms with Gasteiger partial charge in [-0.15, -0.1) is 0 Å². The number of likely N-dealkylation sites (N-methyl/N-ethyl adjacent to an activating group) is 1. The van der Waals surface area contributed by atoms with E-state index in [0.717, 1.165) is 21.6 Å². The van der Waals surface area contributed by atoms with Crippen LogP contribution in [0, 0.1) is 0 Å². The predicted octanol–water partition coefficient (Wildman–Crippen LogP) is 4.75. The molecule has 22 heavy (non-hydrogen) atoms. The van der Waals surface area contributed by atoms with Gasteiger partial charge in [0, 0.05) is 23.0 Å². The van der Waals surface area contributed by atoms with Gasteiger partial charge in [0.15, 0.2) is 5.09 Å². The second-order valence-corrected chi connectivity index (χ2v) is 6.96. The Hall–Kier alpha value is -1.63. The van der Waals surface area contributed by atoms with E-state index >= 15 is 0 Å². The molecule has 112 valence electrons. The lowest BCUT2D eigenvalue weighted by molar-refractivity contribution is -0.121. The highest BCUT2D eigenvalue weighted by molar-refractivity contribution is 8.18. The summed E-state index contributed by atoms with van der Waals surface area (Å²) in [6, 6.07) is 11.0. The molecular formula is C15H10ClNO3S2. The molecule has 4 nitrogen and oxygen atoms in total. The fraction of sp³-hybridized carbons (Fsp3) is 0.0667. The highest BCUT2D eigenvalue weighted by Gasteiger charge is 2.32. The minimum absolute atomic E-state index is 0.279. The summed E-state index contributed by atoms with van der Waals surface area (Å²) in [5.41, 5.74) is 0. The highest BCUT2D eigenvalue weighted by atomic mass is 35.5. The van der Waals surface area contributed by atoms with Gasteiger partial charge in [0.05, 0.1) is 4.91 Å². The number of hydrogen-bond donors (Lipinski definition) is 0. The summed E-state index contributed by atoms with van der Waals surface area (Å²) in [7, 11) is 1.46. The maximum Gasteiger partial charge on any atom is 0.293 e. The Kier molecular flexibility index (Phi) is 4.33. The molecule has 1 aromatic carbocycles. The van der Waals surface area contributed by atoms with Crippen LogP contribution in [0.25, 0.3) is 6.08 Å². The Morgan fingerprint density at radius 3 is 2.55 bits per heavy atom. The minimum atomic E-state index is -0.307. The van der Waals surface area contributed by atoms with Crippen molar-refractivity contribution >= 4 is 52.3 Å². The molecule has 1 aliphatic heterocycles. The van der Waals surface area contributed by atoms with Crippen molar-refractivity contribution < 1.29 is 14.0 Å². The van der Waals surface area contributed by atoms with E-state index in [-0.39, 0.29) is 11.1 Å². The number of furan rings is 1. The number of carbonyl (C=O) groups excluding carboxylic acids is 2. The molecule has 0 radical (unpaired) electrons. The summed E-state index contributed by atoms with van der Waals surface area (Å²) in [6.45, 7) is 0. The quantitative estimate of drug-likeness (QED) is 0.747. The third-order valence-electron chi connectivity index (χ3n) is 2.89. The molecule has 7 heteroatoms. The molecule has 2 aromatic rings. The zero-order chi connectivity index (χ0) is 15.7. The van der Waals surface area contributed by atoms with Crippen molar-refractivity contribution in [3.05, 3.63) is 52.1 Å². The Morgan fingerprint density at radius 2 is 1.91 bits per heavy atom. The lowest BCUT2D eigenvalue weighted by Gasteiger charge is -2.00. The first kappa shape index (κ1) is 15.3. The van der Waals surface area contributed by atoms with E-state index in [9.17, 15) is 9.59 Å². The summed E-state index contributed by atoms with van der Waals surface area (Å²) in [5.74, 6) is 0.230. The second kappa shape index (κ2) is 6.24. The van der Waals surface area contributed by atoms with E-state index < -0.39 is 0 Å². The maximum atomic E-state index is 11.8. The highest BCUT2D eigenvalue weighted by Crippen LogP contribution is 2.34. The van der Waals surface area contributed by atoms with Gasteiger partial charge in [-0.3, -0.25) is 14.5 Å². The number of amides is 2. The van der Waals surface area contributed by atoms with E-state index in [1.165, 1.54) is 18.8 Å². The van der Waals surface area contributed by atoms with Crippen molar-refractivity contribution in [3.63, 3.8) is 0 Å². The fourth-order valence-corrected chi connectivity index (χ4v) is 3.47. The largest absolute Gasteiger partial charge is 0.450 e. The minimum Gasteiger partial charge on any atom is -0.450 e. The molecule has 1 fully saturated rings. The monoisotopic (exact) mass is 351 g/mol. The van der Waals surface area contributed by atoms with Gasteiger partial charge in [-0.2, -0.15) is 0 Å². The summed E-state index contributed by atoms with van der Waals surface area (Å²) >= 11 is 8.21. The van der Waals surface area contributed by atoms with E-state index in [1.54, 1.807) is 12.1 Å². The molecular weight excluding hydrogens is 342 g/mol. The summed E-state index contributed by atoms with van der Waals surface area (Å²) in [5, 5.41) is 1.10. The van der Waals surface area contributed by atoms with Crippen LogP contribution in [-0.2, 0) is 4.79 Å². The van der Waals surface area contributed by atoms with Gasteiger partial charge in [0.25, 0.3) is 11.1 Å². The molecule has 0 aliphatic carbocycles. The van der Waals surface area contributed by atoms with Crippen molar-refractivity contribution in [1.29, 1.82) is 0 Å². The normalized spacial score (nSPS) is 16.8. The SMILES string of the molecule is CN1C(=O)S/C(=C\c2ccc(Sc3ccc(Cl)cc3)o2)C1=O. The zero-order valence-electron chi connectivity index (χ0n) is 11.4. The summed E-state index contributed by atoms with van der Waals surface area (Å²) in [4.78, 5) is 25.7. The van der Waals surface area contributed by atoms with Crippen LogP contribution >= 0.6 is 35.1 Å². The first-order chi connectivity index (χ1) is 10.5. The van der Waals surface area contributed by atoms with Gasteiger partial charge in [-0.05, 0) is 48.2 Å². The van der Waals surface area contributed by atoms with Crippen LogP contribution in [0.3, 0.4) is 0 Å². The van der Waals surface area contributed by atoms with E-state index in [4.69, 9.17) is 16.0 Å². The van der Waals surface area contributed by atoms with Crippen LogP contribution in [0.15, 0.2) is 55.7 Å². The van der Waals surface area contributed by atoms with Crippen molar-refractivity contribution in [2.45, 2.75) is 9.99 Å². The molecule has 0 N–H and O–H groups in total. The number of nitrogens with zero attached hydrogens (tertiary/aromatic N) is 1. The van der Waals surface area contributed by atoms with Gasteiger partial charge >= 0.3 is 0 Å². The van der Waals surface area contributed by atoms with Crippen molar-refractivity contribution in [2.24, 2.45) is 0 Å². The van der Waals surface area contributed by atoms with E-state index in [2.05, 4.69) is 0 Å². The first-order valence-electron chi connectivity index (χ1n) is 6.28. The van der Waals surface area contributed by atoms with Crippen LogP contribution in [-0.4, -0.2) is 23.1 Å². The fourth-order valence-electron chi connectivity index (χ4n) is 1.76. The van der Waals surface area contributed by atoms with Gasteiger partial charge < -0.3 is 4.42 Å². The lowest BCUT2D eigenvalue weighted by atomic mass is 10.4. The van der Waals surface area contributed by atoms with Crippen molar-refractivity contribution in [3.8, 4) is 0 Å². The number of carbonyl (C=O) groups is 2. The van der Waals surface area contributed by atoms with Gasteiger partial charge in [-0.1, -0.05) is 23.4 Å². The van der Waals surface area contributed by atoms with E-state index in [1.807, 2.05) is 30.3 Å². The molecule has 0 unspecified atom stereocenters. The third kappa shape index (κ3) is 3.24. The van der Waals surface area contributed by atoms with Crippen LogP contribution in [0.1, 0.15) is 5.76 Å². The average molecular weight is 352 g/mol. The number of thioether (sulfide) groups is 1. The standard InChI is InChI=1S/C15H10ClNO3S2/c1-17-14(18)12(22-15(17)19)8-10-4-7-13(20-10)21-11-5-2-9(16)3-6-11/h2-8H,1H3/b12-8-. The second-order valence-electron chi connectivity index (χ2n) is 4.45. The number of rotatable bonds is 3. The first-order valence-corrected chi connectivity index (χ1v) is 8.29. The third-order valence-corrected chi connectivity index (χ3v) is 5.04. The number of imide groups is 1. The molecule has 0 bridgehead atoms. The zero-order valence-corrected chi connectivity index (χ0v) is 13.8. The van der Waals surface area contributed by atoms with E-state index in [0.29, 0.717) is 20.8 Å². The molecule has 2 amide bonds.